The van der Waals surface area contributed by atoms with Crippen molar-refractivity contribution >= 4 is 26.3 Å². The summed E-state index contributed by atoms with van der Waals surface area (Å²) in [4.78, 5) is 26.5. The second-order valence-electron chi connectivity index (χ2n) is 4.31. The number of hydrogen-bond donors (Lipinski definition) is 2. The van der Waals surface area contributed by atoms with Gasteiger partial charge in [0.25, 0.3) is 0 Å². The molecule has 1 atom stereocenters. The molecule has 0 bridgehead atoms. The number of nitrogens with two attached hydrogens (primary N) is 1. The molecule has 2 radical (unpaired) electrons. The van der Waals surface area contributed by atoms with Gasteiger partial charge in [-0.2, -0.15) is 0 Å². The van der Waals surface area contributed by atoms with Gasteiger partial charge in [-0.15, -0.1) is 0 Å². The Labute approximate surface area is 144 Å². The molecule has 0 saturated carbocycles. The van der Waals surface area contributed by atoms with Crippen molar-refractivity contribution < 1.29 is 9.59 Å². The van der Waals surface area contributed by atoms with E-state index >= 15 is 0 Å². The third kappa shape index (κ3) is 18.5. The number of aldehydes is 1. The zero-order valence-corrected chi connectivity index (χ0v) is 16.4. The molecular formula is C17H36BN3O2. The van der Waals surface area contributed by atoms with Crippen LogP contribution in [0.1, 0.15) is 61.8 Å². The molecule has 0 heterocycles. The number of carbonyl (C=O) groups is 2. The van der Waals surface area contributed by atoms with Gasteiger partial charge in [0.15, 0.2) is 0 Å². The quantitative estimate of drug-likeness (QED) is 0.447. The average Bonchev–Trinajstić information content (AvgIpc) is 2.59. The number of carbonyl (C=O) groups excluding carboxylic acids is 2. The van der Waals surface area contributed by atoms with Crippen molar-refractivity contribution in [3.63, 3.8) is 0 Å². The molecule has 1 amide bonds. The summed E-state index contributed by atoms with van der Waals surface area (Å²) in [5.41, 5.74) is 5.60. The van der Waals surface area contributed by atoms with E-state index in [4.69, 9.17) is 5.73 Å². The van der Waals surface area contributed by atoms with Crippen LogP contribution in [0.2, 0.25) is 6.82 Å². The van der Waals surface area contributed by atoms with Gasteiger partial charge in [-0.05, 0) is 27.7 Å². The van der Waals surface area contributed by atoms with Crippen molar-refractivity contribution in [2.75, 3.05) is 0 Å². The summed E-state index contributed by atoms with van der Waals surface area (Å²) in [7, 11) is 4.50. The van der Waals surface area contributed by atoms with E-state index in [9.17, 15) is 9.59 Å². The Morgan fingerprint density at radius 1 is 1.22 bits per heavy atom. The molecule has 134 valence electrons. The number of aliphatic imine (C=N–C) groups is 1. The van der Waals surface area contributed by atoms with Crippen molar-refractivity contribution in [3.8, 4) is 0 Å². The number of nitrogens with zero attached hydrogens (tertiary/aromatic N) is 1. The Bertz CT molecular complexity index is 341. The minimum atomic E-state index is -0.890. The second-order valence-corrected chi connectivity index (χ2v) is 4.31. The lowest BCUT2D eigenvalue weighted by Crippen LogP contribution is -2.51. The molecule has 0 aliphatic rings. The maximum Gasteiger partial charge on any atom is 0.238 e. The highest BCUT2D eigenvalue weighted by molar-refractivity contribution is 6.05. The SMILES string of the molecule is CC.CC.CC=N/C(=C\C)CC(N)C(=O)NC(C)(C)C=O.[B]C. The maximum atomic E-state index is 11.7. The molecule has 0 aliphatic heterocycles. The normalized spacial score (nSPS) is 11.7. The molecule has 0 aliphatic carbocycles. The van der Waals surface area contributed by atoms with E-state index in [0.717, 1.165) is 5.70 Å². The number of hydrogen-bond acceptors (Lipinski definition) is 4. The molecule has 0 fully saturated rings. The first-order chi connectivity index (χ1) is 10.9. The molecule has 3 N–H and O–H groups in total. The van der Waals surface area contributed by atoms with Crippen LogP contribution < -0.4 is 11.1 Å². The molecule has 5 nitrogen and oxygen atoms in total. The fourth-order valence-corrected chi connectivity index (χ4v) is 1.17. The first-order valence-electron chi connectivity index (χ1n) is 8.11. The molecule has 0 spiro atoms. The van der Waals surface area contributed by atoms with Gasteiger partial charge >= 0.3 is 0 Å². The van der Waals surface area contributed by atoms with Crippen LogP contribution in [0, 0.1) is 0 Å². The van der Waals surface area contributed by atoms with Gasteiger partial charge in [0.1, 0.15) is 6.29 Å². The summed E-state index contributed by atoms with van der Waals surface area (Å²) in [6.07, 6.45) is 4.48. The zero-order valence-electron chi connectivity index (χ0n) is 16.4. The number of amides is 1. The summed E-state index contributed by atoms with van der Waals surface area (Å²) in [6, 6.07) is -0.705. The van der Waals surface area contributed by atoms with E-state index in [1.54, 1.807) is 33.1 Å². The lowest BCUT2D eigenvalue weighted by atomic mass is 10.1. The van der Waals surface area contributed by atoms with Crippen molar-refractivity contribution in [1.29, 1.82) is 0 Å². The molecule has 0 aromatic rings. The van der Waals surface area contributed by atoms with Crippen molar-refractivity contribution in [3.05, 3.63) is 11.8 Å². The minimum absolute atomic E-state index is 0.349. The maximum absolute atomic E-state index is 11.7. The minimum Gasteiger partial charge on any atom is -0.343 e. The van der Waals surface area contributed by atoms with Crippen LogP contribution in [0.15, 0.2) is 16.8 Å². The van der Waals surface area contributed by atoms with E-state index < -0.39 is 11.6 Å². The van der Waals surface area contributed by atoms with Crippen LogP contribution in [0.4, 0.5) is 0 Å². The van der Waals surface area contributed by atoms with Gasteiger partial charge in [-0.25, -0.2) is 0 Å². The van der Waals surface area contributed by atoms with Gasteiger partial charge in [-0.1, -0.05) is 40.6 Å². The van der Waals surface area contributed by atoms with Gasteiger partial charge in [0.2, 0.25) is 5.91 Å². The zero-order chi connectivity index (χ0) is 19.5. The summed E-state index contributed by atoms with van der Waals surface area (Å²) in [6.45, 7) is 16.4. The molecule has 23 heavy (non-hydrogen) atoms. The third-order valence-electron chi connectivity index (χ3n) is 2.13. The Hall–Kier alpha value is -1.43. The molecule has 0 rings (SSSR count). The van der Waals surface area contributed by atoms with Crippen LogP contribution >= 0.6 is 0 Å². The van der Waals surface area contributed by atoms with Crippen LogP contribution in [-0.4, -0.2) is 37.8 Å². The van der Waals surface area contributed by atoms with Crippen LogP contribution in [0.25, 0.3) is 0 Å². The molecular weight excluding hydrogens is 289 g/mol. The molecule has 0 saturated heterocycles. The highest BCUT2D eigenvalue weighted by Crippen LogP contribution is 2.07. The largest absolute Gasteiger partial charge is 0.343 e. The van der Waals surface area contributed by atoms with E-state index in [-0.39, 0.29) is 5.91 Å². The Balaban J connectivity index is -0.000000267. The number of allylic oxidation sites excluding steroid dienone is 1. The fourth-order valence-electron chi connectivity index (χ4n) is 1.17. The number of nitrogens with one attached hydrogen (secondary N) is 1. The van der Waals surface area contributed by atoms with Gasteiger partial charge in [0.05, 0.1) is 19.4 Å². The van der Waals surface area contributed by atoms with Crippen molar-refractivity contribution in [2.45, 2.75) is 80.2 Å². The highest BCUT2D eigenvalue weighted by atomic mass is 16.2. The van der Waals surface area contributed by atoms with Crippen molar-refractivity contribution in [1.82, 2.24) is 5.32 Å². The van der Waals surface area contributed by atoms with E-state index in [2.05, 4.69) is 18.2 Å². The van der Waals surface area contributed by atoms with Crippen LogP contribution in [0.3, 0.4) is 0 Å². The van der Waals surface area contributed by atoms with E-state index in [1.165, 1.54) is 6.82 Å². The Morgan fingerprint density at radius 3 is 1.96 bits per heavy atom. The first kappa shape index (κ1) is 29.6. The average molecular weight is 325 g/mol. The summed E-state index contributed by atoms with van der Waals surface area (Å²) >= 11 is 0. The van der Waals surface area contributed by atoms with E-state index in [0.29, 0.717) is 12.7 Å². The summed E-state index contributed by atoms with van der Waals surface area (Å²) < 4.78 is 0. The predicted octanol–water partition coefficient (Wildman–Crippen LogP) is 3.05. The second kappa shape index (κ2) is 20.6. The van der Waals surface area contributed by atoms with Crippen LogP contribution in [0.5, 0.6) is 0 Å². The third-order valence-corrected chi connectivity index (χ3v) is 2.13. The molecule has 6 heteroatoms. The number of rotatable bonds is 6. The molecule has 0 aromatic carbocycles. The standard InChI is InChI=1S/C12H21N3O2.2C2H6.CH3B/c1-5-9(14-6-2)7-10(13)11(17)15-12(3,4)8-16;3*1-2/h5-6,8,10H,7,13H2,1-4H3,(H,15,17);2*1-2H3;1H3/b9-5-,14-6?;;;. The van der Waals surface area contributed by atoms with Gasteiger partial charge in [0, 0.05) is 18.3 Å². The topological polar surface area (TPSA) is 84.5 Å². The smallest absolute Gasteiger partial charge is 0.238 e. The van der Waals surface area contributed by atoms with E-state index in [1.807, 2.05) is 34.6 Å². The highest BCUT2D eigenvalue weighted by Gasteiger charge is 2.23. The monoisotopic (exact) mass is 325 g/mol. The first-order valence-corrected chi connectivity index (χ1v) is 8.11. The lowest BCUT2D eigenvalue weighted by Gasteiger charge is -2.21. The lowest BCUT2D eigenvalue weighted by molar-refractivity contribution is -0.126. The van der Waals surface area contributed by atoms with Crippen LogP contribution in [-0.2, 0) is 9.59 Å². The fraction of sp³-hybridized carbons (Fsp3) is 0.706. The summed E-state index contributed by atoms with van der Waals surface area (Å²) in [5.74, 6) is -0.354. The predicted molar refractivity (Wildman–Crippen MR) is 103 cm³/mol. The summed E-state index contributed by atoms with van der Waals surface area (Å²) in [5, 5.41) is 2.57. The van der Waals surface area contributed by atoms with Gasteiger partial charge < -0.3 is 15.8 Å². The molecule has 1 unspecified atom stereocenters. The Morgan fingerprint density at radius 2 is 1.65 bits per heavy atom. The van der Waals surface area contributed by atoms with Crippen molar-refractivity contribution in [2.24, 2.45) is 10.7 Å². The Kier molecular flexibility index (Phi) is 26.5. The van der Waals surface area contributed by atoms with Gasteiger partial charge in [-0.3, -0.25) is 9.79 Å². The molecule has 0 aromatic heterocycles.